The maximum atomic E-state index is 5.90. The van der Waals surface area contributed by atoms with Crippen LogP contribution in [0.4, 0.5) is 11.6 Å². The van der Waals surface area contributed by atoms with Gasteiger partial charge in [-0.1, -0.05) is 23.7 Å². The molecule has 18 heavy (non-hydrogen) atoms. The molecule has 2 aromatic rings. The number of benzene rings is 1. The van der Waals surface area contributed by atoms with Gasteiger partial charge in [-0.3, -0.25) is 0 Å². The van der Waals surface area contributed by atoms with E-state index >= 15 is 0 Å². The Balaban J connectivity index is 2.20. The topological polar surface area (TPSA) is 49.8 Å². The molecule has 2 N–H and O–H groups in total. The highest BCUT2D eigenvalue weighted by atomic mass is 35.5. The van der Waals surface area contributed by atoms with E-state index in [4.69, 9.17) is 11.6 Å². The Morgan fingerprint density at radius 3 is 2.78 bits per heavy atom. The van der Waals surface area contributed by atoms with Gasteiger partial charge in [0.25, 0.3) is 0 Å². The summed E-state index contributed by atoms with van der Waals surface area (Å²) in [5.74, 6) is 0.515. The van der Waals surface area contributed by atoms with E-state index in [1.54, 1.807) is 6.07 Å². The van der Waals surface area contributed by atoms with Crippen LogP contribution in [0.15, 0.2) is 30.3 Å². The second-order valence-electron chi connectivity index (χ2n) is 4.01. The summed E-state index contributed by atoms with van der Waals surface area (Å²) < 4.78 is 0. The summed E-state index contributed by atoms with van der Waals surface area (Å²) in [6, 6.07) is 9.80. The first-order valence-corrected chi connectivity index (χ1v) is 6.07. The minimum Gasteiger partial charge on any atom is -0.324 e. The van der Waals surface area contributed by atoms with Crippen LogP contribution in [0, 0.1) is 6.92 Å². The van der Waals surface area contributed by atoms with Crippen molar-refractivity contribution in [3.05, 3.63) is 46.7 Å². The van der Waals surface area contributed by atoms with Crippen LogP contribution in [0.2, 0.25) is 5.15 Å². The zero-order chi connectivity index (χ0) is 13.0. The molecule has 4 nitrogen and oxygen atoms in total. The highest BCUT2D eigenvalue weighted by Crippen LogP contribution is 2.17. The van der Waals surface area contributed by atoms with E-state index in [1.165, 1.54) is 5.56 Å². The van der Waals surface area contributed by atoms with Gasteiger partial charge in [0.05, 0.1) is 0 Å². The van der Waals surface area contributed by atoms with Crippen molar-refractivity contribution in [3.63, 3.8) is 0 Å². The van der Waals surface area contributed by atoms with Gasteiger partial charge in [0.2, 0.25) is 5.95 Å². The molecule has 0 aliphatic heterocycles. The third-order valence-electron chi connectivity index (χ3n) is 2.39. The molecule has 0 spiro atoms. The Kier molecular flexibility index (Phi) is 4.12. The van der Waals surface area contributed by atoms with Gasteiger partial charge < -0.3 is 10.6 Å². The average Bonchev–Trinajstić information content (AvgIpc) is 2.28. The number of nitrogens with one attached hydrogen (secondary N) is 2. The van der Waals surface area contributed by atoms with Gasteiger partial charge >= 0.3 is 0 Å². The number of hydrogen-bond donors (Lipinski definition) is 2. The smallest absolute Gasteiger partial charge is 0.228 e. The number of aryl methyl sites for hydroxylation is 1. The highest BCUT2D eigenvalue weighted by Gasteiger charge is 2.01. The normalized spacial score (nSPS) is 10.4. The average molecular weight is 263 g/mol. The number of aromatic nitrogens is 2. The van der Waals surface area contributed by atoms with Gasteiger partial charge in [-0.15, -0.1) is 0 Å². The predicted molar refractivity (Wildman–Crippen MR) is 74.3 cm³/mol. The molecular weight excluding hydrogens is 248 g/mol. The van der Waals surface area contributed by atoms with Gasteiger partial charge in [0.1, 0.15) is 5.15 Å². The molecule has 0 unspecified atom stereocenters. The fourth-order valence-electron chi connectivity index (χ4n) is 1.68. The standard InChI is InChI=1S/C13H15ClN4/c1-9-6-12(14)18-13(16-9)17-11-5-3-4-10(7-11)8-15-2/h3-7,15H,8H2,1-2H3,(H,16,17,18). The molecule has 5 heteroatoms. The van der Waals surface area contributed by atoms with Crippen LogP contribution in [-0.2, 0) is 6.54 Å². The number of anilines is 2. The molecule has 0 aliphatic carbocycles. The monoisotopic (exact) mass is 262 g/mol. The van der Waals surface area contributed by atoms with Crippen LogP contribution >= 0.6 is 11.6 Å². The van der Waals surface area contributed by atoms with Gasteiger partial charge in [0, 0.05) is 17.9 Å². The van der Waals surface area contributed by atoms with Crippen LogP contribution < -0.4 is 10.6 Å². The lowest BCUT2D eigenvalue weighted by Crippen LogP contribution is -2.05. The molecule has 1 aromatic carbocycles. The molecule has 0 aliphatic rings. The van der Waals surface area contributed by atoms with Gasteiger partial charge in [-0.25, -0.2) is 9.97 Å². The van der Waals surface area contributed by atoms with Crippen molar-refractivity contribution < 1.29 is 0 Å². The quantitative estimate of drug-likeness (QED) is 0.832. The molecule has 94 valence electrons. The second-order valence-corrected chi connectivity index (χ2v) is 4.40. The van der Waals surface area contributed by atoms with Crippen LogP contribution in [0.3, 0.4) is 0 Å². The second kappa shape index (κ2) is 5.80. The maximum Gasteiger partial charge on any atom is 0.228 e. The third kappa shape index (κ3) is 3.42. The fraction of sp³-hybridized carbons (Fsp3) is 0.231. The first-order valence-electron chi connectivity index (χ1n) is 5.69. The van der Waals surface area contributed by atoms with Crippen LogP contribution in [0.5, 0.6) is 0 Å². The Labute approximate surface area is 111 Å². The summed E-state index contributed by atoms with van der Waals surface area (Å²) >= 11 is 5.90. The zero-order valence-electron chi connectivity index (χ0n) is 10.4. The predicted octanol–water partition coefficient (Wildman–Crippen LogP) is 2.90. The van der Waals surface area contributed by atoms with Crippen LogP contribution in [-0.4, -0.2) is 17.0 Å². The van der Waals surface area contributed by atoms with E-state index in [0.717, 1.165) is 17.9 Å². The summed E-state index contributed by atoms with van der Waals surface area (Å²) in [4.78, 5) is 8.42. The maximum absolute atomic E-state index is 5.90. The van der Waals surface area contributed by atoms with Crippen molar-refractivity contribution in [3.8, 4) is 0 Å². The van der Waals surface area contributed by atoms with Crippen molar-refractivity contribution in [2.75, 3.05) is 12.4 Å². The van der Waals surface area contributed by atoms with Crippen molar-refractivity contribution >= 4 is 23.2 Å². The van der Waals surface area contributed by atoms with Crippen LogP contribution in [0.25, 0.3) is 0 Å². The summed E-state index contributed by atoms with van der Waals surface area (Å²) in [6.45, 7) is 2.71. The molecule has 2 rings (SSSR count). The molecule has 0 saturated carbocycles. The van der Waals surface area contributed by atoms with E-state index < -0.39 is 0 Å². The zero-order valence-corrected chi connectivity index (χ0v) is 11.1. The Bertz CT molecular complexity index is 522. The van der Waals surface area contributed by atoms with Gasteiger partial charge in [0.15, 0.2) is 0 Å². The Hall–Kier alpha value is -1.65. The fourth-order valence-corrected chi connectivity index (χ4v) is 1.92. The van der Waals surface area contributed by atoms with E-state index in [9.17, 15) is 0 Å². The van der Waals surface area contributed by atoms with Crippen molar-refractivity contribution in [1.29, 1.82) is 0 Å². The van der Waals surface area contributed by atoms with Gasteiger partial charge in [-0.05, 0) is 37.7 Å². The first kappa shape index (κ1) is 12.8. The molecule has 0 fully saturated rings. The van der Waals surface area contributed by atoms with Gasteiger partial charge in [-0.2, -0.15) is 0 Å². The van der Waals surface area contributed by atoms with E-state index in [2.05, 4.69) is 32.7 Å². The summed E-state index contributed by atoms with van der Waals surface area (Å²) in [7, 11) is 1.92. The third-order valence-corrected chi connectivity index (χ3v) is 2.58. The number of hydrogen-bond acceptors (Lipinski definition) is 4. The largest absolute Gasteiger partial charge is 0.324 e. The molecule has 0 radical (unpaired) electrons. The van der Waals surface area contributed by atoms with Crippen molar-refractivity contribution in [2.24, 2.45) is 0 Å². The molecule has 0 saturated heterocycles. The number of halogens is 1. The van der Waals surface area contributed by atoms with Crippen LogP contribution in [0.1, 0.15) is 11.3 Å². The molecule has 0 amide bonds. The lowest BCUT2D eigenvalue weighted by atomic mass is 10.2. The number of rotatable bonds is 4. The summed E-state index contributed by atoms with van der Waals surface area (Å²) in [5, 5.41) is 6.70. The molecule has 0 atom stereocenters. The summed E-state index contributed by atoms with van der Waals surface area (Å²) in [5.41, 5.74) is 2.98. The van der Waals surface area contributed by atoms with Crippen molar-refractivity contribution in [1.82, 2.24) is 15.3 Å². The van der Waals surface area contributed by atoms with Crippen molar-refractivity contribution in [2.45, 2.75) is 13.5 Å². The minimum atomic E-state index is 0.441. The van der Waals surface area contributed by atoms with E-state index in [-0.39, 0.29) is 0 Å². The molecular formula is C13H15ClN4. The first-order chi connectivity index (χ1) is 8.67. The molecule has 1 aromatic heterocycles. The van der Waals surface area contributed by atoms with E-state index in [0.29, 0.717) is 11.1 Å². The lowest BCUT2D eigenvalue weighted by molar-refractivity contribution is 0.818. The molecule has 0 bridgehead atoms. The SMILES string of the molecule is CNCc1cccc(Nc2nc(C)cc(Cl)n2)c1. The minimum absolute atomic E-state index is 0.441. The Morgan fingerprint density at radius 1 is 1.22 bits per heavy atom. The number of nitrogens with zero attached hydrogens (tertiary/aromatic N) is 2. The highest BCUT2D eigenvalue weighted by molar-refractivity contribution is 6.29. The molecule has 1 heterocycles. The van der Waals surface area contributed by atoms with E-state index in [1.807, 2.05) is 26.1 Å². The summed E-state index contributed by atoms with van der Waals surface area (Å²) in [6.07, 6.45) is 0. The Morgan fingerprint density at radius 2 is 2.06 bits per heavy atom. The lowest BCUT2D eigenvalue weighted by Gasteiger charge is -2.07.